The number of hydrogen-bond donors (Lipinski definition) is 0. The molecule has 0 heterocycles. The van der Waals surface area contributed by atoms with Crippen LogP contribution in [0.3, 0.4) is 0 Å². The Labute approximate surface area is 173 Å². The highest BCUT2D eigenvalue weighted by atomic mass is 19.4. The van der Waals surface area contributed by atoms with E-state index in [1.54, 1.807) is 0 Å². The van der Waals surface area contributed by atoms with Crippen LogP contribution in [0.25, 0.3) is 0 Å². The third kappa shape index (κ3) is 4.11. The molecule has 0 bridgehead atoms. The van der Waals surface area contributed by atoms with Gasteiger partial charge in [0, 0.05) is 0 Å². The predicted molar refractivity (Wildman–Crippen MR) is 66.6 cm³/mol. The van der Waals surface area contributed by atoms with Gasteiger partial charge in [0.25, 0.3) is 6.08 Å². The molecule has 0 rings (SSSR count). The molecule has 0 amide bonds. The van der Waals surface area contributed by atoms with Crippen molar-refractivity contribution in [3.8, 4) is 0 Å². The van der Waals surface area contributed by atoms with Crippen molar-refractivity contribution < 1.29 is 92.9 Å². The monoisotopic (exact) mass is 554 g/mol. The molecular weight excluding hydrogens is 549 g/mol. The topological polar surface area (TPSA) is 26.3 Å². The van der Waals surface area contributed by atoms with Gasteiger partial charge in [0.1, 0.15) is 0 Å². The molecule has 0 N–H and O–H groups in total. The van der Waals surface area contributed by atoms with Crippen molar-refractivity contribution in [2.24, 2.45) is 0 Å². The fraction of sp³-hybridized carbons (Fsp3) is 0.769. The van der Waals surface area contributed by atoms with Gasteiger partial charge in [-0.25, -0.2) is 4.79 Å². The van der Waals surface area contributed by atoms with Gasteiger partial charge in [-0.2, -0.15) is 83.4 Å². The summed E-state index contributed by atoms with van der Waals surface area (Å²) in [5.41, 5.74) is -4.18. The molecule has 0 saturated carbocycles. The molecule has 2 nitrogen and oxygen atoms in total. The number of ether oxygens (including phenoxy) is 1. The van der Waals surface area contributed by atoms with Crippen molar-refractivity contribution in [1.82, 2.24) is 0 Å². The first-order valence-electron chi connectivity index (χ1n) is 7.49. The van der Waals surface area contributed by atoms with Crippen molar-refractivity contribution in [3.05, 3.63) is 11.7 Å². The van der Waals surface area contributed by atoms with Gasteiger partial charge in [-0.1, -0.05) is 0 Å². The van der Waals surface area contributed by atoms with Gasteiger partial charge in [-0.15, -0.1) is 0 Å². The molecule has 0 aromatic carbocycles. The van der Waals surface area contributed by atoms with Crippen LogP contribution in [-0.2, 0) is 9.53 Å². The number of carbonyl (C=O) groups excluding carboxylic acids is 1. The highest BCUT2D eigenvalue weighted by Crippen LogP contribution is 2.64. The van der Waals surface area contributed by atoms with E-state index >= 15 is 0 Å². The van der Waals surface area contributed by atoms with Gasteiger partial charge < -0.3 is 4.74 Å². The molecule has 34 heavy (non-hydrogen) atoms. The lowest BCUT2D eigenvalue weighted by Crippen LogP contribution is -2.74. The Bertz CT molecular complexity index is 802. The van der Waals surface area contributed by atoms with Crippen molar-refractivity contribution in [2.45, 2.75) is 54.6 Å². The second-order valence-electron chi connectivity index (χ2n) is 5.87. The highest BCUT2D eigenvalue weighted by molar-refractivity contribution is 5.91. The van der Waals surface area contributed by atoms with Crippen molar-refractivity contribution in [3.63, 3.8) is 0 Å². The number of esters is 1. The Balaban J connectivity index is 7.06. The lowest BCUT2D eigenvalue weighted by molar-refractivity contribution is -0.460. The average molecular weight is 554 g/mol. The van der Waals surface area contributed by atoms with E-state index in [9.17, 15) is 88.2 Å². The van der Waals surface area contributed by atoms with Crippen LogP contribution in [0.15, 0.2) is 11.7 Å². The Morgan fingerprint density at radius 2 is 0.853 bits per heavy atom. The van der Waals surface area contributed by atoms with E-state index in [1.165, 1.54) is 0 Å². The van der Waals surface area contributed by atoms with Crippen molar-refractivity contribution in [2.75, 3.05) is 6.61 Å². The van der Waals surface area contributed by atoms with Crippen molar-refractivity contribution >= 4 is 5.97 Å². The summed E-state index contributed by atoms with van der Waals surface area (Å²) in [6, 6.07) is 0. The van der Waals surface area contributed by atoms with E-state index in [1.807, 2.05) is 0 Å². The molecule has 0 spiro atoms. The van der Waals surface area contributed by atoms with Gasteiger partial charge in [0.15, 0.2) is 5.57 Å². The molecule has 0 aliphatic carbocycles. The molecule has 0 aliphatic heterocycles. The molecular formula is C13H5F19O2. The lowest BCUT2D eigenvalue weighted by atomic mass is 9.87. The van der Waals surface area contributed by atoms with Gasteiger partial charge in [-0.3, -0.25) is 0 Å². The summed E-state index contributed by atoms with van der Waals surface area (Å²) in [4.78, 5) is 11.0. The summed E-state index contributed by atoms with van der Waals surface area (Å²) in [6.07, 6.45) is -12.3. The van der Waals surface area contributed by atoms with Gasteiger partial charge in [0.2, 0.25) is 0 Å². The Morgan fingerprint density at radius 3 is 1.12 bits per heavy atom. The van der Waals surface area contributed by atoms with Crippen molar-refractivity contribution in [1.29, 1.82) is 0 Å². The molecule has 0 saturated heterocycles. The maximum Gasteiger partial charge on any atom is 0.460 e. The third-order valence-electron chi connectivity index (χ3n) is 3.70. The number of hydrogen-bond acceptors (Lipinski definition) is 2. The number of alkyl halides is 17. The Kier molecular flexibility index (Phi) is 7.99. The largest absolute Gasteiger partial charge is 0.462 e. The molecule has 202 valence electrons. The van der Waals surface area contributed by atoms with Gasteiger partial charge in [0.05, 0.1) is 6.61 Å². The average Bonchev–Trinajstić information content (AvgIpc) is 2.59. The van der Waals surface area contributed by atoms with Crippen LogP contribution in [0.4, 0.5) is 83.4 Å². The summed E-state index contributed by atoms with van der Waals surface area (Å²) in [5.74, 6) is -63.2. The summed E-state index contributed by atoms with van der Waals surface area (Å²) in [5, 5.41) is 0. The minimum absolute atomic E-state index is 0.591. The van der Waals surface area contributed by atoms with Crippen LogP contribution in [0.5, 0.6) is 0 Å². The van der Waals surface area contributed by atoms with Gasteiger partial charge >= 0.3 is 53.6 Å². The van der Waals surface area contributed by atoms with E-state index in [0.717, 1.165) is 0 Å². The second-order valence-corrected chi connectivity index (χ2v) is 5.87. The normalized spacial score (nSPS) is 15.3. The van der Waals surface area contributed by atoms with E-state index in [4.69, 9.17) is 0 Å². The zero-order valence-electron chi connectivity index (χ0n) is 15.2. The van der Waals surface area contributed by atoms with Crippen LogP contribution in [0.2, 0.25) is 0 Å². The Morgan fingerprint density at radius 1 is 0.559 bits per heavy atom. The third-order valence-corrected chi connectivity index (χ3v) is 3.70. The smallest absolute Gasteiger partial charge is 0.460 e. The minimum atomic E-state index is -8.95. The first-order valence-corrected chi connectivity index (χ1v) is 7.49. The second kappa shape index (κ2) is 8.52. The molecule has 0 unspecified atom stereocenters. The fourth-order valence-electron chi connectivity index (χ4n) is 1.85. The minimum Gasteiger partial charge on any atom is -0.462 e. The summed E-state index contributed by atoms with van der Waals surface area (Å²) in [6.45, 7) is -0.672. The number of carbonyl (C=O) groups is 1. The first-order chi connectivity index (χ1) is 14.6. The molecule has 0 aromatic rings. The molecule has 0 radical (unpaired) electrons. The highest BCUT2D eigenvalue weighted by Gasteiger charge is 2.95. The van der Waals surface area contributed by atoms with E-state index in [2.05, 4.69) is 4.74 Å². The Hall–Kier alpha value is -2.12. The van der Waals surface area contributed by atoms with Crippen LogP contribution in [0.1, 0.15) is 6.92 Å². The molecule has 21 heteroatoms. The number of halogens is 19. The predicted octanol–water partition coefficient (Wildman–Crippen LogP) is 6.71. The SMILES string of the molecule is CCOC(=O)C(=C(F)F)C(F)(F)C(F)(F)C(F)(F)C(F)(F)C(F)(F)C(F)(F)C(F)(F)C(F)(F)F. The maximum atomic E-state index is 13.7. The van der Waals surface area contributed by atoms with E-state index < -0.39 is 71.9 Å². The van der Waals surface area contributed by atoms with Gasteiger partial charge in [-0.05, 0) is 6.92 Å². The van der Waals surface area contributed by atoms with Crippen LogP contribution < -0.4 is 0 Å². The standard InChI is InChI=1S/C13H5F19O2/c1-2-34-5(33)3(4(14)15)6(16,17)7(18,19)8(20,21)9(22,23)10(24,25)11(26,27)12(28,29)13(30,31)32/h2H2,1H3. The van der Waals surface area contributed by atoms with Crippen LogP contribution in [0, 0.1) is 0 Å². The van der Waals surface area contributed by atoms with Crippen LogP contribution in [-0.4, -0.2) is 60.2 Å². The molecule has 0 aliphatic rings. The van der Waals surface area contributed by atoms with E-state index in [0.29, 0.717) is 6.92 Å². The summed E-state index contributed by atoms with van der Waals surface area (Å²) in [7, 11) is 0. The zero-order chi connectivity index (χ0) is 28.1. The zero-order valence-corrected chi connectivity index (χ0v) is 15.2. The molecule has 0 fully saturated rings. The first kappa shape index (κ1) is 31.9. The maximum absolute atomic E-state index is 13.7. The molecule has 0 aromatic heterocycles. The van der Waals surface area contributed by atoms with Crippen LogP contribution >= 0.6 is 0 Å². The lowest BCUT2D eigenvalue weighted by Gasteiger charge is -2.42. The summed E-state index contributed by atoms with van der Waals surface area (Å²) >= 11 is 0. The molecule has 0 atom stereocenters. The quantitative estimate of drug-likeness (QED) is 0.180. The fourth-order valence-corrected chi connectivity index (χ4v) is 1.85. The summed E-state index contributed by atoms with van der Waals surface area (Å²) < 4.78 is 250. The number of rotatable bonds is 9. The van der Waals surface area contributed by atoms with E-state index in [-0.39, 0.29) is 0 Å².